The smallest absolute Gasteiger partial charge is 0.250 e. The number of amides is 1. The molecule has 0 atom stereocenters. The summed E-state index contributed by atoms with van der Waals surface area (Å²) >= 11 is 3.29. The maximum atomic E-state index is 11.7. The molecule has 19 heavy (non-hydrogen) atoms. The Morgan fingerprint density at radius 3 is 2.84 bits per heavy atom. The van der Waals surface area contributed by atoms with Crippen molar-refractivity contribution in [2.75, 3.05) is 11.9 Å². The number of ether oxygens (including phenoxy) is 1. The highest BCUT2D eigenvalue weighted by molar-refractivity contribution is 9.10. The van der Waals surface area contributed by atoms with Crippen molar-refractivity contribution in [2.24, 2.45) is 10.9 Å². The Bertz CT molecular complexity index is 489. The molecule has 1 amide bonds. The third kappa shape index (κ3) is 4.88. The number of carbonyl (C=O) groups excluding carboxylic acids is 1. The number of carbonyl (C=O) groups is 1. The van der Waals surface area contributed by atoms with E-state index in [1.54, 1.807) is 18.2 Å². The fourth-order valence-corrected chi connectivity index (χ4v) is 1.69. The van der Waals surface area contributed by atoms with Crippen molar-refractivity contribution in [3.63, 3.8) is 0 Å². The molecule has 0 unspecified atom stereocenters. The quantitative estimate of drug-likeness (QED) is 0.332. The predicted molar refractivity (Wildman–Crippen MR) is 76.4 cm³/mol. The van der Waals surface area contributed by atoms with Gasteiger partial charge in [-0.15, -0.1) is 0 Å². The van der Waals surface area contributed by atoms with Gasteiger partial charge in [-0.2, -0.15) is 0 Å². The summed E-state index contributed by atoms with van der Waals surface area (Å²) in [5.41, 5.74) is 6.43. The first-order valence-electron chi connectivity index (χ1n) is 5.63. The number of hydrogen-bond donors (Lipinski definition) is 3. The van der Waals surface area contributed by atoms with Crippen LogP contribution in [0.3, 0.4) is 0 Å². The van der Waals surface area contributed by atoms with Crippen LogP contribution in [-0.4, -0.2) is 29.7 Å². The number of rotatable bonds is 5. The van der Waals surface area contributed by atoms with Gasteiger partial charge in [0.15, 0.2) is 5.84 Å². The van der Waals surface area contributed by atoms with E-state index in [0.29, 0.717) is 11.3 Å². The SMILES string of the molecule is CC(C)OCC(=O)Nc1cc(Br)ccc1/C(N)=N/O. The Hall–Kier alpha value is -1.60. The zero-order valence-electron chi connectivity index (χ0n) is 10.7. The molecule has 0 fully saturated rings. The van der Waals surface area contributed by atoms with Crippen LogP contribution in [0.15, 0.2) is 27.8 Å². The van der Waals surface area contributed by atoms with E-state index in [9.17, 15) is 4.79 Å². The van der Waals surface area contributed by atoms with Crippen molar-refractivity contribution in [1.29, 1.82) is 0 Å². The molecular formula is C12H16BrN3O3. The highest BCUT2D eigenvalue weighted by atomic mass is 79.9. The summed E-state index contributed by atoms with van der Waals surface area (Å²) in [6, 6.07) is 5.03. The molecule has 0 aliphatic carbocycles. The van der Waals surface area contributed by atoms with Crippen molar-refractivity contribution in [2.45, 2.75) is 20.0 Å². The molecule has 0 heterocycles. The fourth-order valence-electron chi connectivity index (χ4n) is 1.33. The second kappa shape index (κ2) is 7.10. The zero-order valence-corrected chi connectivity index (χ0v) is 12.3. The molecule has 104 valence electrons. The molecule has 0 aliphatic rings. The minimum absolute atomic E-state index is 0.0307. The highest BCUT2D eigenvalue weighted by Gasteiger charge is 2.11. The summed E-state index contributed by atoms with van der Waals surface area (Å²) in [7, 11) is 0. The van der Waals surface area contributed by atoms with Crippen LogP contribution in [0.5, 0.6) is 0 Å². The van der Waals surface area contributed by atoms with E-state index < -0.39 is 0 Å². The summed E-state index contributed by atoms with van der Waals surface area (Å²) in [6.45, 7) is 3.63. The number of anilines is 1. The molecule has 0 aliphatic heterocycles. The number of benzene rings is 1. The van der Waals surface area contributed by atoms with Crippen LogP contribution >= 0.6 is 15.9 Å². The van der Waals surface area contributed by atoms with E-state index >= 15 is 0 Å². The van der Waals surface area contributed by atoms with Gasteiger partial charge in [0.05, 0.1) is 11.8 Å². The summed E-state index contributed by atoms with van der Waals surface area (Å²) in [5, 5.41) is 14.3. The zero-order chi connectivity index (χ0) is 14.4. The second-order valence-electron chi connectivity index (χ2n) is 4.08. The van der Waals surface area contributed by atoms with Crippen molar-refractivity contribution in [1.82, 2.24) is 0 Å². The standard InChI is InChI=1S/C12H16BrN3O3/c1-7(2)19-6-11(17)15-10-5-8(13)3-4-9(10)12(14)16-18/h3-5,7,18H,6H2,1-2H3,(H2,14,16)(H,15,17). The molecule has 0 bridgehead atoms. The molecular weight excluding hydrogens is 314 g/mol. The molecule has 4 N–H and O–H groups in total. The lowest BCUT2D eigenvalue weighted by molar-refractivity contribution is -0.121. The molecule has 1 aromatic rings. The Balaban J connectivity index is 2.87. The molecule has 0 saturated carbocycles. The molecule has 1 aromatic carbocycles. The third-order valence-corrected chi connectivity index (χ3v) is 2.68. The summed E-state index contributed by atoms with van der Waals surface area (Å²) < 4.78 is 5.96. The number of hydrogen-bond acceptors (Lipinski definition) is 4. The van der Waals surface area contributed by atoms with Gasteiger partial charge in [-0.1, -0.05) is 21.1 Å². The van der Waals surface area contributed by atoms with E-state index in [1.807, 2.05) is 13.8 Å². The maximum absolute atomic E-state index is 11.7. The van der Waals surface area contributed by atoms with E-state index in [1.165, 1.54) is 0 Å². The minimum atomic E-state index is -0.307. The van der Waals surface area contributed by atoms with Gasteiger partial charge < -0.3 is 21.0 Å². The van der Waals surface area contributed by atoms with E-state index in [2.05, 4.69) is 26.4 Å². The lowest BCUT2D eigenvalue weighted by atomic mass is 10.1. The highest BCUT2D eigenvalue weighted by Crippen LogP contribution is 2.21. The Morgan fingerprint density at radius 2 is 2.26 bits per heavy atom. The first-order valence-corrected chi connectivity index (χ1v) is 6.42. The van der Waals surface area contributed by atoms with E-state index in [-0.39, 0.29) is 24.5 Å². The Labute approximate surface area is 119 Å². The van der Waals surface area contributed by atoms with Crippen LogP contribution in [0.1, 0.15) is 19.4 Å². The van der Waals surface area contributed by atoms with Crippen LogP contribution in [0.2, 0.25) is 0 Å². The number of nitrogens with two attached hydrogens (primary N) is 1. The first kappa shape index (κ1) is 15.5. The fraction of sp³-hybridized carbons (Fsp3) is 0.333. The first-order chi connectivity index (χ1) is 8.93. The van der Waals surface area contributed by atoms with E-state index in [0.717, 1.165) is 4.47 Å². The molecule has 0 spiro atoms. The van der Waals surface area contributed by atoms with Crippen molar-refractivity contribution >= 4 is 33.4 Å². The van der Waals surface area contributed by atoms with Gasteiger partial charge >= 0.3 is 0 Å². The largest absolute Gasteiger partial charge is 0.409 e. The Kier molecular flexibility index (Phi) is 5.78. The van der Waals surface area contributed by atoms with Gasteiger partial charge in [0, 0.05) is 10.0 Å². The van der Waals surface area contributed by atoms with Gasteiger partial charge in [0.1, 0.15) is 6.61 Å². The van der Waals surface area contributed by atoms with Crippen LogP contribution in [0.4, 0.5) is 5.69 Å². The average Bonchev–Trinajstić information content (AvgIpc) is 2.35. The normalized spacial score (nSPS) is 11.7. The Morgan fingerprint density at radius 1 is 1.58 bits per heavy atom. The van der Waals surface area contributed by atoms with Gasteiger partial charge in [-0.25, -0.2) is 0 Å². The molecule has 1 rings (SSSR count). The van der Waals surface area contributed by atoms with E-state index in [4.69, 9.17) is 15.7 Å². The van der Waals surface area contributed by atoms with Gasteiger partial charge in [-0.05, 0) is 32.0 Å². The second-order valence-corrected chi connectivity index (χ2v) is 5.00. The monoisotopic (exact) mass is 329 g/mol. The van der Waals surface area contributed by atoms with Crippen LogP contribution in [0, 0.1) is 0 Å². The number of amidine groups is 1. The third-order valence-electron chi connectivity index (χ3n) is 2.19. The minimum Gasteiger partial charge on any atom is -0.409 e. The van der Waals surface area contributed by atoms with Crippen molar-refractivity contribution in [3.05, 3.63) is 28.2 Å². The molecule has 7 heteroatoms. The summed E-state index contributed by atoms with van der Waals surface area (Å²) in [6.07, 6.45) is -0.0307. The molecule has 0 saturated heterocycles. The van der Waals surface area contributed by atoms with Gasteiger partial charge in [0.2, 0.25) is 5.91 Å². The average molecular weight is 330 g/mol. The number of nitrogens with zero attached hydrogens (tertiary/aromatic N) is 1. The predicted octanol–water partition coefficient (Wildman–Crippen LogP) is 1.91. The maximum Gasteiger partial charge on any atom is 0.250 e. The van der Waals surface area contributed by atoms with Crippen LogP contribution in [0.25, 0.3) is 0 Å². The number of halogens is 1. The molecule has 6 nitrogen and oxygen atoms in total. The lowest BCUT2D eigenvalue weighted by Gasteiger charge is -2.12. The number of nitrogens with one attached hydrogen (secondary N) is 1. The van der Waals surface area contributed by atoms with Crippen molar-refractivity contribution in [3.8, 4) is 0 Å². The van der Waals surface area contributed by atoms with Crippen molar-refractivity contribution < 1.29 is 14.7 Å². The summed E-state index contributed by atoms with van der Waals surface area (Å²) in [4.78, 5) is 11.7. The lowest BCUT2D eigenvalue weighted by Crippen LogP contribution is -2.23. The van der Waals surface area contributed by atoms with Crippen LogP contribution < -0.4 is 11.1 Å². The molecule has 0 radical (unpaired) electrons. The number of oxime groups is 1. The summed E-state index contributed by atoms with van der Waals surface area (Å²) in [5.74, 6) is -0.383. The van der Waals surface area contributed by atoms with Gasteiger partial charge in [0.25, 0.3) is 0 Å². The van der Waals surface area contributed by atoms with Gasteiger partial charge in [-0.3, -0.25) is 4.79 Å². The topological polar surface area (TPSA) is 96.9 Å². The van der Waals surface area contributed by atoms with Crippen LogP contribution in [-0.2, 0) is 9.53 Å². The molecule has 0 aromatic heterocycles.